The third-order valence-electron chi connectivity index (χ3n) is 3.82. The Bertz CT molecular complexity index is 319. The zero-order valence-corrected chi connectivity index (χ0v) is 11.1. The van der Waals surface area contributed by atoms with E-state index in [4.69, 9.17) is 0 Å². The van der Waals surface area contributed by atoms with Crippen LogP contribution in [0.25, 0.3) is 0 Å². The first-order valence-electron chi connectivity index (χ1n) is 6.92. The van der Waals surface area contributed by atoms with Crippen LogP contribution in [0.5, 0.6) is 0 Å². The number of rotatable bonds is 4. The Morgan fingerprint density at radius 2 is 2.39 bits per heavy atom. The van der Waals surface area contributed by atoms with Crippen molar-refractivity contribution in [1.29, 1.82) is 0 Å². The topological polar surface area (TPSA) is 61.4 Å². The van der Waals surface area contributed by atoms with E-state index in [1.54, 1.807) is 0 Å². The van der Waals surface area contributed by atoms with Crippen LogP contribution in [-0.2, 0) is 9.59 Å². The van der Waals surface area contributed by atoms with E-state index in [-0.39, 0.29) is 17.7 Å². The van der Waals surface area contributed by atoms with E-state index in [2.05, 4.69) is 22.5 Å². The second-order valence-electron chi connectivity index (χ2n) is 5.54. The van der Waals surface area contributed by atoms with Gasteiger partial charge in [0, 0.05) is 32.6 Å². The van der Waals surface area contributed by atoms with Crippen molar-refractivity contribution < 1.29 is 9.59 Å². The second-order valence-corrected chi connectivity index (χ2v) is 5.54. The molecule has 2 N–H and O–H groups in total. The smallest absolute Gasteiger partial charge is 0.225 e. The summed E-state index contributed by atoms with van der Waals surface area (Å²) in [5.41, 5.74) is 0. The van der Waals surface area contributed by atoms with Gasteiger partial charge in [0.15, 0.2) is 0 Å². The maximum Gasteiger partial charge on any atom is 0.225 e. The molecule has 5 heteroatoms. The molecular formula is C13H23N3O2. The molecule has 0 aromatic rings. The van der Waals surface area contributed by atoms with Crippen LogP contribution < -0.4 is 10.6 Å². The number of amides is 2. The highest BCUT2D eigenvalue weighted by atomic mass is 16.2. The van der Waals surface area contributed by atoms with E-state index in [1.807, 2.05) is 0 Å². The molecule has 2 aliphatic heterocycles. The summed E-state index contributed by atoms with van der Waals surface area (Å²) in [5, 5.41) is 5.62. The van der Waals surface area contributed by atoms with Crippen molar-refractivity contribution in [1.82, 2.24) is 15.5 Å². The Morgan fingerprint density at radius 3 is 3.06 bits per heavy atom. The van der Waals surface area contributed by atoms with Crippen LogP contribution >= 0.6 is 0 Å². The van der Waals surface area contributed by atoms with Gasteiger partial charge in [-0.25, -0.2) is 0 Å². The Labute approximate surface area is 108 Å². The first kappa shape index (κ1) is 13.3. The molecule has 2 fully saturated rings. The van der Waals surface area contributed by atoms with E-state index in [1.165, 1.54) is 12.8 Å². The number of hydrogen-bond acceptors (Lipinski definition) is 3. The van der Waals surface area contributed by atoms with Crippen LogP contribution in [-0.4, -0.2) is 49.4 Å². The fraction of sp³-hybridized carbons (Fsp3) is 0.846. The van der Waals surface area contributed by atoms with Gasteiger partial charge in [0.1, 0.15) is 0 Å². The average Bonchev–Trinajstić information content (AvgIpc) is 2.76. The van der Waals surface area contributed by atoms with Crippen molar-refractivity contribution in [2.75, 3.05) is 32.7 Å². The summed E-state index contributed by atoms with van der Waals surface area (Å²) in [6.45, 7) is 6.66. The molecule has 5 nitrogen and oxygen atoms in total. The fourth-order valence-corrected chi connectivity index (χ4v) is 2.76. The number of piperidine rings is 1. The van der Waals surface area contributed by atoms with E-state index in [0.717, 1.165) is 25.6 Å². The number of nitrogens with one attached hydrogen (secondary N) is 2. The lowest BCUT2D eigenvalue weighted by molar-refractivity contribution is -0.126. The molecule has 0 saturated carbocycles. The van der Waals surface area contributed by atoms with Crippen molar-refractivity contribution in [3.05, 3.63) is 0 Å². The molecule has 2 atom stereocenters. The highest BCUT2D eigenvalue weighted by Crippen LogP contribution is 2.14. The van der Waals surface area contributed by atoms with Crippen molar-refractivity contribution >= 4 is 11.8 Å². The third-order valence-corrected chi connectivity index (χ3v) is 3.82. The van der Waals surface area contributed by atoms with Gasteiger partial charge in [0.2, 0.25) is 11.8 Å². The van der Waals surface area contributed by atoms with Gasteiger partial charge >= 0.3 is 0 Å². The van der Waals surface area contributed by atoms with Crippen molar-refractivity contribution in [2.24, 2.45) is 11.8 Å². The molecule has 18 heavy (non-hydrogen) atoms. The third kappa shape index (κ3) is 3.70. The highest BCUT2D eigenvalue weighted by Gasteiger charge is 2.27. The Kier molecular flexibility index (Phi) is 4.58. The lowest BCUT2D eigenvalue weighted by Crippen LogP contribution is -2.41. The number of nitrogens with zero attached hydrogens (tertiary/aromatic N) is 1. The van der Waals surface area contributed by atoms with Crippen LogP contribution in [0.1, 0.15) is 26.2 Å². The van der Waals surface area contributed by atoms with Crippen molar-refractivity contribution in [3.8, 4) is 0 Å². The molecular weight excluding hydrogens is 230 g/mol. The van der Waals surface area contributed by atoms with Gasteiger partial charge in [-0.2, -0.15) is 0 Å². The quantitative estimate of drug-likeness (QED) is 0.739. The Balaban J connectivity index is 1.62. The molecule has 2 heterocycles. The lowest BCUT2D eigenvalue weighted by Gasteiger charge is -2.30. The van der Waals surface area contributed by atoms with Crippen LogP contribution in [0.3, 0.4) is 0 Å². The summed E-state index contributed by atoms with van der Waals surface area (Å²) in [7, 11) is 0. The summed E-state index contributed by atoms with van der Waals surface area (Å²) >= 11 is 0. The molecule has 0 spiro atoms. The van der Waals surface area contributed by atoms with E-state index < -0.39 is 0 Å². The van der Waals surface area contributed by atoms with Crippen LogP contribution in [0.15, 0.2) is 0 Å². The molecule has 2 rings (SSSR count). The SMILES string of the molecule is CC1CCCN(CCNC(=O)C2CNC(=O)C2)C1. The standard InChI is InChI=1S/C13H23N3O2/c1-10-3-2-5-16(9-10)6-4-14-13(18)11-7-12(17)15-8-11/h10-11H,2-9H2,1H3,(H,14,18)(H,15,17). The molecule has 2 unspecified atom stereocenters. The maximum atomic E-state index is 11.8. The second kappa shape index (κ2) is 6.18. The van der Waals surface area contributed by atoms with Gasteiger partial charge in [-0.05, 0) is 25.3 Å². The minimum atomic E-state index is -0.169. The first-order chi connectivity index (χ1) is 8.65. The molecule has 0 bridgehead atoms. The van der Waals surface area contributed by atoms with Crippen molar-refractivity contribution in [3.63, 3.8) is 0 Å². The number of hydrogen-bond donors (Lipinski definition) is 2. The van der Waals surface area contributed by atoms with Crippen molar-refractivity contribution in [2.45, 2.75) is 26.2 Å². The molecule has 102 valence electrons. The summed E-state index contributed by atoms with van der Waals surface area (Å²) < 4.78 is 0. The first-order valence-corrected chi connectivity index (χ1v) is 6.92. The van der Waals surface area contributed by atoms with Gasteiger partial charge in [0.05, 0.1) is 5.92 Å². The molecule has 0 aromatic carbocycles. The summed E-state index contributed by atoms with van der Waals surface area (Å²) in [6.07, 6.45) is 2.92. The van der Waals surface area contributed by atoms with Gasteiger partial charge in [-0.1, -0.05) is 6.92 Å². The predicted octanol–water partition coefficient (Wildman–Crippen LogP) is -0.0294. The average molecular weight is 253 g/mol. The zero-order chi connectivity index (χ0) is 13.0. The minimum absolute atomic E-state index is 0.0124. The summed E-state index contributed by atoms with van der Waals surface area (Å²) in [4.78, 5) is 25.2. The van der Waals surface area contributed by atoms with Gasteiger partial charge in [0.25, 0.3) is 0 Å². The lowest BCUT2D eigenvalue weighted by atomic mass is 10.0. The maximum absolute atomic E-state index is 11.8. The molecule has 0 aromatic heterocycles. The molecule has 2 aliphatic rings. The number of carbonyl (C=O) groups excluding carboxylic acids is 2. The van der Waals surface area contributed by atoms with Crippen LogP contribution in [0, 0.1) is 11.8 Å². The summed E-state index contributed by atoms with van der Waals surface area (Å²) in [5.74, 6) is 0.599. The summed E-state index contributed by atoms with van der Waals surface area (Å²) in [6, 6.07) is 0. The Morgan fingerprint density at radius 1 is 1.56 bits per heavy atom. The monoisotopic (exact) mass is 253 g/mol. The fourth-order valence-electron chi connectivity index (χ4n) is 2.76. The van der Waals surface area contributed by atoms with E-state index in [9.17, 15) is 9.59 Å². The van der Waals surface area contributed by atoms with E-state index >= 15 is 0 Å². The number of likely N-dealkylation sites (tertiary alicyclic amines) is 1. The normalized spacial score (nSPS) is 29.1. The van der Waals surface area contributed by atoms with Crippen LogP contribution in [0.4, 0.5) is 0 Å². The molecule has 0 aliphatic carbocycles. The largest absolute Gasteiger partial charge is 0.355 e. The zero-order valence-electron chi connectivity index (χ0n) is 11.1. The molecule has 2 amide bonds. The predicted molar refractivity (Wildman–Crippen MR) is 69.0 cm³/mol. The highest BCUT2D eigenvalue weighted by molar-refractivity contribution is 5.89. The van der Waals surface area contributed by atoms with E-state index in [0.29, 0.717) is 19.5 Å². The van der Waals surface area contributed by atoms with Gasteiger partial charge < -0.3 is 15.5 Å². The van der Waals surface area contributed by atoms with Crippen LogP contribution in [0.2, 0.25) is 0 Å². The Hall–Kier alpha value is -1.10. The molecule has 2 saturated heterocycles. The van der Waals surface area contributed by atoms with Gasteiger partial charge in [-0.15, -0.1) is 0 Å². The minimum Gasteiger partial charge on any atom is -0.355 e. The number of carbonyl (C=O) groups is 2. The van der Waals surface area contributed by atoms with Gasteiger partial charge in [-0.3, -0.25) is 9.59 Å². The molecule has 0 radical (unpaired) electrons.